The Hall–Kier alpha value is -2.00. The molecule has 0 saturated carbocycles. The van der Waals surface area contributed by atoms with Crippen LogP contribution in [0.4, 0.5) is 4.39 Å². The molecule has 0 atom stereocenters. The Balaban J connectivity index is 2.36. The molecule has 1 aromatic carbocycles. The van der Waals surface area contributed by atoms with Gasteiger partial charge < -0.3 is 4.57 Å². The number of hydrogen-bond acceptors (Lipinski definition) is 1. The third kappa shape index (κ3) is 1.78. The zero-order chi connectivity index (χ0) is 10.7. The minimum Gasteiger partial charge on any atom is -0.347 e. The molecular weight excluding hydrogens is 195 g/mol. The van der Waals surface area contributed by atoms with Crippen molar-refractivity contribution >= 4 is 10.9 Å². The highest BCUT2D eigenvalue weighted by Crippen LogP contribution is 2.18. The summed E-state index contributed by atoms with van der Waals surface area (Å²) in [6.45, 7) is 0.938. The van der Waals surface area contributed by atoms with Crippen LogP contribution in [0, 0.1) is 5.82 Å². The molecule has 0 N–H and O–H groups in total. The molecule has 0 aliphatic rings. The van der Waals surface area contributed by atoms with E-state index in [1.54, 1.807) is 18.3 Å². The number of azide groups is 1. The summed E-state index contributed by atoms with van der Waals surface area (Å²) in [5.41, 5.74) is 8.96. The van der Waals surface area contributed by atoms with Crippen LogP contribution in [-0.4, -0.2) is 11.1 Å². The second-order valence-electron chi connectivity index (χ2n) is 3.14. The van der Waals surface area contributed by atoms with Crippen LogP contribution in [0.2, 0.25) is 0 Å². The maximum Gasteiger partial charge on any atom is 0.132 e. The molecular formula is C10H9FN4. The van der Waals surface area contributed by atoms with Crippen molar-refractivity contribution in [1.82, 2.24) is 4.57 Å². The van der Waals surface area contributed by atoms with Crippen LogP contribution >= 0.6 is 0 Å². The molecule has 2 aromatic rings. The maximum atomic E-state index is 13.3. The van der Waals surface area contributed by atoms with Crippen molar-refractivity contribution < 1.29 is 4.39 Å². The molecule has 0 spiro atoms. The van der Waals surface area contributed by atoms with Crippen LogP contribution in [0.3, 0.4) is 0 Å². The molecule has 0 fully saturated rings. The first-order valence-corrected chi connectivity index (χ1v) is 4.57. The Kier molecular flexibility index (Phi) is 2.56. The van der Waals surface area contributed by atoms with Gasteiger partial charge in [0.05, 0.1) is 5.52 Å². The highest BCUT2D eigenvalue weighted by atomic mass is 19.1. The lowest BCUT2D eigenvalue weighted by molar-refractivity contribution is 0.639. The van der Waals surface area contributed by atoms with E-state index in [2.05, 4.69) is 10.0 Å². The number of halogens is 1. The number of rotatable bonds is 3. The molecule has 0 radical (unpaired) electrons. The second kappa shape index (κ2) is 4.02. The van der Waals surface area contributed by atoms with Crippen molar-refractivity contribution in [1.29, 1.82) is 0 Å². The standard InChI is InChI=1S/C10H9FN4/c11-9-2-1-3-10-8(9)4-6-15(10)7-5-13-14-12/h1-4,6H,5,7H2. The highest BCUT2D eigenvalue weighted by molar-refractivity contribution is 5.80. The summed E-state index contributed by atoms with van der Waals surface area (Å²) in [7, 11) is 0. The molecule has 15 heavy (non-hydrogen) atoms. The average molecular weight is 204 g/mol. The van der Waals surface area contributed by atoms with Crippen LogP contribution in [-0.2, 0) is 6.54 Å². The van der Waals surface area contributed by atoms with Crippen molar-refractivity contribution in [2.24, 2.45) is 5.11 Å². The van der Waals surface area contributed by atoms with Gasteiger partial charge in [0.1, 0.15) is 5.82 Å². The number of nitrogens with zero attached hydrogens (tertiary/aromatic N) is 4. The number of benzene rings is 1. The normalized spacial score (nSPS) is 10.2. The van der Waals surface area contributed by atoms with Crippen molar-refractivity contribution in [2.75, 3.05) is 6.54 Å². The van der Waals surface area contributed by atoms with Gasteiger partial charge in [-0.1, -0.05) is 11.2 Å². The minimum absolute atomic E-state index is 0.227. The van der Waals surface area contributed by atoms with Gasteiger partial charge in [0.25, 0.3) is 0 Å². The molecule has 0 amide bonds. The van der Waals surface area contributed by atoms with E-state index in [0.29, 0.717) is 18.5 Å². The van der Waals surface area contributed by atoms with Gasteiger partial charge in [-0.15, -0.1) is 0 Å². The largest absolute Gasteiger partial charge is 0.347 e. The summed E-state index contributed by atoms with van der Waals surface area (Å²) >= 11 is 0. The number of hydrogen-bond donors (Lipinski definition) is 0. The van der Waals surface area contributed by atoms with E-state index in [4.69, 9.17) is 5.53 Å². The van der Waals surface area contributed by atoms with Crippen molar-refractivity contribution in [2.45, 2.75) is 6.54 Å². The molecule has 76 valence electrons. The maximum absolute atomic E-state index is 13.3. The van der Waals surface area contributed by atoms with Crippen molar-refractivity contribution in [3.8, 4) is 0 Å². The van der Waals surface area contributed by atoms with Gasteiger partial charge in [0.2, 0.25) is 0 Å². The van der Waals surface area contributed by atoms with E-state index in [9.17, 15) is 4.39 Å². The van der Waals surface area contributed by atoms with Crippen LogP contribution in [0.1, 0.15) is 0 Å². The minimum atomic E-state index is -0.227. The molecule has 0 aliphatic heterocycles. The quantitative estimate of drug-likeness (QED) is 0.419. The zero-order valence-electron chi connectivity index (χ0n) is 7.97. The third-order valence-electron chi connectivity index (χ3n) is 2.26. The molecule has 0 unspecified atom stereocenters. The van der Waals surface area contributed by atoms with E-state index >= 15 is 0 Å². The molecule has 5 heteroatoms. The number of fused-ring (bicyclic) bond motifs is 1. The predicted octanol–water partition coefficient (Wildman–Crippen LogP) is 3.09. The van der Waals surface area contributed by atoms with E-state index < -0.39 is 0 Å². The van der Waals surface area contributed by atoms with Crippen molar-refractivity contribution in [3.63, 3.8) is 0 Å². The highest BCUT2D eigenvalue weighted by Gasteiger charge is 2.03. The van der Waals surface area contributed by atoms with Crippen LogP contribution in [0.25, 0.3) is 21.3 Å². The Labute approximate surface area is 85.6 Å². The fourth-order valence-corrected chi connectivity index (χ4v) is 1.58. The van der Waals surface area contributed by atoms with Crippen LogP contribution in [0.5, 0.6) is 0 Å². The van der Waals surface area contributed by atoms with Gasteiger partial charge in [0.15, 0.2) is 0 Å². The predicted molar refractivity (Wildman–Crippen MR) is 55.9 cm³/mol. The lowest BCUT2D eigenvalue weighted by Gasteiger charge is -2.01. The summed E-state index contributed by atoms with van der Waals surface area (Å²) in [6, 6.07) is 6.66. The zero-order valence-corrected chi connectivity index (χ0v) is 7.97. The summed E-state index contributed by atoms with van der Waals surface area (Å²) in [5, 5.41) is 4.04. The molecule has 0 aliphatic carbocycles. The van der Waals surface area contributed by atoms with Crippen molar-refractivity contribution in [3.05, 3.63) is 46.7 Å². The summed E-state index contributed by atoms with van der Waals surface area (Å²) in [4.78, 5) is 2.67. The molecule has 0 bridgehead atoms. The van der Waals surface area contributed by atoms with Gasteiger partial charge in [-0.25, -0.2) is 4.39 Å². The molecule has 0 saturated heterocycles. The monoisotopic (exact) mass is 204 g/mol. The Bertz CT molecular complexity index is 525. The molecule has 1 heterocycles. The van der Waals surface area contributed by atoms with E-state index in [-0.39, 0.29) is 5.82 Å². The van der Waals surface area contributed by atoms with Gasteiger partial charge in [-0.05, 0) is 23.7 Å². The third-order valence-corrected chi connectivity index (χ3v) is 2.26. The van der Waals surface area contributed by atoms with E-state index in [1.807, 2.05) is 10.6 Å². The summed E-state index contributed by atoms with van der Waals surface area (Å²) in [5.74, 6) is -0.227. The second-order valence-corrected chi connectivity index (χ2v) is 3.14. The van der Waals surface area contributed by atoms with Gasteiger partial charge >= 0.3 is 0 Å². The van der Waals surface area contributed by atoms with Gasteiger partial charge in [-0.3, -0.25) is 0 Å². The van der Waals surface area contributed by atoms with E-state index in [1.165, 1.54) is 6.07 Å². The topological polar surface area (TPSA) is 53.7 Å². The van der Waals surface area contributed by atoms with Gasteiger partial charge in [0, 0.05) is 29.6 Å². The van der Waals surface area contributed by atoms with E-state index in [0.717, 1.165) is 5.52 Å². The lowest BCUT2D eigenvalue weighted by atomic mass is 10.2. The smallest absolute Gasteiger partial charge is 0.132 e. The summed E-state index contributed by atoms with van der Waals surface area (Å²) in [6.07, 6.45) is 1.79. The van der Waals surface area contributed by atoms with Crippen LogP contribution < -0.4 is 0 Å². The molecule has 2 rings (SSSR count). The summed E-state index contributed by atoms with van der Waals surface area (Å²) < 4.78 is 15.2. The SMILES string of the molecule is [N-]=[N+]=NCCn1ccc2c(F)cccc21. The first-order valence-electron chi connectivity index (χ1n) is 4.57. The number of aromatic nitrogens is 1. The molecule has 1 aromatic heterocycles. The average Bonchev–Trinajstić information content (AvgIpc) is 2.64. The molecule has 4 nitrogen and oxygen atoms in total. The van der Waals surface area contributed by atoms with Gasteiger partial charge in [-0.2, -0.15) is 0 Å². The van der Waals surface area contributed by atoms with Crippen LogP contribution in [0.15, 0.2) is 35.6 Å². The fraction of sp³-hybridized carbons (Fsp3) is 0.200. The Morgan fingerprint density at radius 2 is 2.27 bits per heavy atom. The fourth-order valence-electron chi connectivity index (χ4n) is 1.58. The first kappa shape index (κ1) is 9.55. The first-order chi connectivity index (χ1) is 7.33. The Morgan fingerprint density at radius 1 is 1.40 bits per heavy atom. The Morgan fingerprint density at radius 3 is 3.07 bits per heavy atom. The lowest BCUT2D eigenvalue weighted by Crippen LogP contribution is -1.98.